The lowest BCUT2D eigenvalue weighted by atomic mass is 10.0. The Hall–Kier alpha value is -1.89. The molecule has 25 heavy (non-hydrogen) atoms. The molecule has 0 bridgehead atoms. The molecule has 1 aromatic carbocycles. The summed E-state index contributed by atoms with van der Waals surface area (Å²) in [5.41, 5.74) is -0.0229. The van der Waals surface area contributed by atoms with Crippen LogP contribution in [0.2, 0.25) is 0 Å². The van der Waals surface area contributed by atoms with Crippen LogP contribution in [0.5, 0.6) is 0 Å². The number of carbonyl (C=O) groups excluding carboxylic acids is 2. The fourth-order valence-electron chi connectivity index (χ4n) is 3.47. The average Bonchev–Trinajstić information content (AvgIpc) is 3.34. The molecule has 0 aromatic heterocycles. The summed E-state index contributed by atoms with van der Waals surface area (Å²) in [6, 6.07) is 9.25. The van der Waals surface area contributed by atoms with E-state index in [4.69, 9.17) is 0 Å². The Kier molecular flexibility index (Phi) is 4.86. The van der Waals surface area contributed by atoms with Crippen LogP contribution in [0.4, 0.5) is 0 Å². The maximum absolute atomic E-state index is 13.0. The van der Waals surface area contributed by atoms with Crippen molar-refractivity contribution in [2.45, 2.75) is 38.8 Å². The van der Waals surface area contributed by atoms with Gasteiger partial charge in [0.2, 0.25) is 11.8 Å². The van der Waals surface area contributed by atoms with E-state index >= 15 is 0 Å². The Balaban J connectivity index is 1.66. The lowest BCUT2D eigenvalue weighted by Gasteiger charge is -2.30. The second kappa shape index (κ2) is 6.78. The topological polar surface area (TPSA) is 83.6 Å². The van der Waals surface area contributed by atoms with Crippen molar-refractivity contribution >= 4 is 21.7 Å². The van der Waals surface area contributed by atoms with Crippen molar-refractivity contribution in [2.24, 2.45) is 5.41 Å². The minimum Gasteiger partial charge on any atom is -0.351 e. The maximum atomic E-state index is 13.0. The summed E-state index contributed by atoms with van der Waals surface area (Å²) in [6.45, 7) is 2.65. The molecule has 1 aliphatic heterocycles. The van der Waals surface area contributed by atoms with Crippen molar-refractivity contribution in [3.63, 3.8) is 0 Å². The molecule has 0 spiro atoms. The molecule has 1 heterocycles. The van der Waals surface area contributed by atoms with Crippen LogP contribution in [-0.2, 0) is 26.0 Å². The summed E-state index contributed by atoms with van der Waals surface area (Å²) in [6.07, 6.45) is 1.52. The van der Waals surface area contributed by atoms with Gasteiger partial charge in [-0.3, -0.25) is 9.59 Å². The van der Waals surface area contributed by atoms with Gasteiger partial charge in [-0.2, -0.15) is 0 Å². The summed E-state index contributed by atoms with van der Waals surface area (Å²) < 4.78 is 23.5. The van der Waals surface area contributed by atoms with Gasteiger partial charge in [0.15, 0.2) is 9.84 Å². The highest BCUT2D eigenvalue weighted by Crippen LogP contribution is 2.48. The van der Waals surface area contributed by atoms with E-state index in [9.17, 15) is 18.0 Å². The normalized spacial score (nSPS) is 23.0. The minimum absolute atomic E-state index is 0.00823. The summed E-state index contributed by atoms with van der Waals surface area (Å²) >= 11 is 0. The molecule has 7 heteroatoms. The Bertz CT molecular complexity index is 757. The molecule has 1 aliphatic carbocycles. The molecule has 2 aliphatic rings. The van der Waals surface area contributed by atoms with E-state index < -0.39 is 15.3 Å². The third kappa shape index (κ3) is 3.71. The summed E-state index contributed by atoms with van der Waals surface area (Å²) in [7, 11) is -3.07. The Morgan fingerprint density at radius 3 is 2.44 bits per heavy atom. The Morgan fingerprint density at radius 2 is 1.92 bits per heavy atom. The third-order valence-corrected chi connectivity index (χ3v) is 6.89. The van der Waals surface area contributed by atoms with Crippen LogP contribution >= 0.6 is 0 Å². The van der Waals surface area contributed by atoms with Gasteiger partial charge in [0.1, 0.15) is 5.41 Å². The quantitative estimate of drug-likeness (QED) is 0.767. The molecule has 3 rings (SSSR count). The molecule has 1 saturated heterocycles. The Morgan fingerprint density at radius 1 is 1.24 bits per heavy atom. The van der Waals surface area contributed by atoms with Crippen LogP contribution < -0.4 is 5.32 Å². The first-order valence-electron chi connectivity index (χ1n) is 8.72. The van der Waals surface area contributed by atoms with Gasteiger partial charge in [-0.25, -0.2) is 8.42 Å². The molecule has 1 saturated carbocycles. The van der Waals surface area contributed by atoms with Crippen molar-refractivity contribution in [3.8, 4) is 0 Å². The van der Waals surface area contributed by atoms with Crippen LogP contribution in [-0.4, -0.2) is 49.2 Å². The first kappa shape index (κ1) is 17.9. The minimum atomic E-state index is -3.07. The number of benzene rings is 1. The number of nitrogens with zero attached hydrogens (tertiary/aromatic N) is 1. The van der Waals surface area contributed by atoms with Crippen molar-refractivity contribution < 1.29 is 18.0 Å². The highest BCUT2D eigenvalue weighted by molar-refractivity contribution is 7.91. The molecule has 0 radical (unpaired) electrons. The molecule has 2 fully saturated rings. The predicted molar refractivity (Wildman–Crippen MR) is 94.4 cm³/mol. The number of carbonyl (C=O) groups is 2. The fourth-order valence-corrected chi connectivity index (χ4v) is 5.20. The van der Waals surface area contributed by atoms with Crippen molar-refractivity contribution in [1.82, 2.24) is 10.2 Å². The van der Waals surface area contributed by atoms with Gasteiger partial charge in [-0.1, -0.05) is 30.3 Å². The summed E-state index contributed by atoms with van der Waals surface area (Å²) in [4.78, 5) is 27.2. The van der Waals surface area contributed by atoms with Gasteiger partial charge in [0.25, 0.3) is 0 Å². The Labute approximate surface area is 148 Å². The molecular weight excluding hydrogens is 340 g/mol. The molecule has 1 atom stereocenters. The maximum Gasteiger partial charge on any atom is 0.238 e. The number of rotatable bonds is 6. The van der Waals surface area contributed by atoms with Crippen LogP contribution in [0.3, 0.4) is 0 Å². The zero-order chi connectivity index (χ0) is 18.1. The third-order valence-electron chi connectivity index (χ3n) is 5.14. The number of hydrogen-bond donors (Lipinski definition) is 1. The lowest BCUT2D eigenvalue weighted by molar-refractivity contribution is -0.145. The molecule has 6 nitrogen and oxygen atoms in total. The molecular formula is C18H24N2O4S. The van der Waals surface area contributed by atoms with E-state index in [1.165, 1.54) is 0 Å². The van der Waals surface area contributed by atoms with E-state index in [0.717, 1.165) is 5.56 Å². The smallest absolute Gasteiger partial charge is 0.238 e. The van der Waals surface area contributed by atoms with Crippen LogP contribution in [0.1, 0.15) is 31.7 Å². The lowest BCUT2D eigenvalue weighted by Crippen LogP contribution is -2.49. The zero-order valence-corrected chi connectivity index (χ0v) is 15.2. The standard InChI is InChI=1S/C18H24N2O4S/c1-2-20(15-8-11-25(23,24)13-15)17(22)18(9-10-18)16(21)19-12-14-6-4-3-5-7-14/h3-7,15H,2,8-13H2,1H3,(H,19,21). The highest BCUT2D eigenvalue weighted by Gasteiger charge is 2.58. The largest absolute Gasteiger partial charge is 0.351 e. The van der Waals surface area contributed by atoms with Crippen LogP contribution in [0.15, 0.2) is 30.3 Å². The molecule has 1 N–H and O–H groups in total. The van der Waals surface area contributed by atoms with Crippen LogP contribution in [0, 0.1) is 5.41 Å². The summed E-state index contributed by atoms with van der Waals surface area (Å²) in [5.74, 6) is -0.341. The number of nitrogens with one attached hydrogen (secondary N) is 1. The summed E-state index contributed by atoms with van der Waals surface area (Å²) in [5, 5.41) is 2.86. The average molecular weight is 364 g/mol. The number of amides is 2. The van der Waals surface area contributed by atoms with Gasteiger partial charge in [-0.05, 0) is 31.7 Å². The van der Waals surface area contributed by atoms with Crippen LogP contribution in [0.25, 0.3) is 0 Å². The van der Waals surface area contributed by atoms with E-state index in [0.29, 0.717) is 32.4 Å². The second-order valence-corrected chi connectivity index (χ2v) is 9.13. The van der Waals surface area contributed by atoms with Gasteiger partial charge in [0, 0.05) is 19.1 Å². The first-order valence-corrected chi connectivity index (χ1v) is 10.5. The van der Waals surface area contributed by atoms with Crippen molar-refractivity contribution in [1.29, 1.82) is 0 Å². The monoisotopic (exact) mass is 364 g/mol. The van der Waals surface area contributed by atoms with Gasteiger partial charge in [0.05, 0.1) is 11.5 Å². The van der Waals surface area contributed by atoms with Gasteiger partial charge < -0.3 is 10.2 Å². The number of sulfone groups is 1. The van der Waals surface area contributed by atoms with E-state index in [2.05, 4.69) is 5.32 Å². The van der Waals surface area contributed by atoms with E-state index in [1.807, 2.05) is 37.3 Å². The second-order valence-electron chi connectivity index (χ2n) is 6.90. The zero-order valence-electron chi connectivity index (χ0n) is 14.4. The van der Waals surface area contributed by atoms with E-state index in [-0.39, 0.29) is 29.4 Å². The van der Waals surface area contributed by atoms with Gasteiger partial charge >= 0.3 is 0 Å². The molecule has 1 aromatic rings. The van der Waals surface area contributed by atoms with Crippen molar-refractivity contribution in [3.05, 3.63) is 35.9 Å². The highest BCUT2D eigenvalue weighted by atomic mass is 32.2. The number of hydrogen-bond acceptors (Lipinski definition) is 4. The van der Waals surface area contributed by atoms with E-state index in [1.54, 1.807) is 4.90 Å². The SMILES string of the molecule is CCN(C(=O)C1(C(=O)NCc2ccccc2)CC1)C1CCS(=O)(=O)C1. The molecule has 136 valence electrons. The molecule has 1 unspecified atom stereocenters. The molecule has 2 amide bonds. The first-order chi connectivity index (χ1) is 11.9. The van der Waals surface area contributed by atoms with Gasteiger partial charge in [-0.15, -0.1) is 0 Å². The fraction of sp³-hybridized carbons (Fsp3) is 0.556. The predicted octanol–water partition coefficient (Wildman–Crippen LogP) is 1.12. The van der Waals surface area contributed by atoms with Crippen molar-refractivity contribution in [2.75, 3.05) is 18.1 Å².